The van der Waals surface area contributed by atoms with Crippen molar-refractivity contribution < 1.29 is 17.6 Å². The fourth-order valence-corrected chi connectivity index (χ4v) is 5.66. The Kier molecular flexibility index (Phi) is 6.67. The standard InChI is InChI=1S/C22H23FN2O3S2/c1-4-11-25-19-14-15(2)13-16(3)21(19)29-22(25)24-20(26)6-5-12-30(27,28)18-9-7-17(23)8-10-18/h4,7-10,13-14H,1,5-6,11-12H2,2-3H3. The molecule has 30 heavy (non-hydrogen) atoms. The highest BCUT2D eigenvalue weighted by molar-refractivity contribution is 7.91. The van der Waals surface area contributed by atoms with Gasteiger partial charge in [0.25, 0.3) is 0 Å². The maximum absolute atomic E-state index is 13.0. The van der Waals surface area contributed by atoms with Crippen LogP contribution in [0.4, 0.5) is 4.39 Å². The molecule has 0 fully saturated rings. The quantitative estimate of drug-likeness (QED) is 0.401. The number of hydrogen-bond acceptors (Lipinski definition) is 4. The number of carbonyl (C=O) groups excluding carboxylic acids is 1. The number of nitrogens with zero attached hydrogens (tertiary/aromatic N) is 2. The first-order chi connectivity index (χ1) is 14.2. The molecule has 0 saturated carbocycles. The number of rotatable bonds is 7. The van der Waals surface area contributed by atoms with E-state index in [4.69, 9.17) is 0 Å². The molecule has 0 unspecified atom stereocenters. The monoisotopic (exact) mass is 446 g/mol. The van der Waals surface area contributed by atoms with Gasteiger partial charge in [0, 0.05) is 13.0 Å². The molecule has 2 aromatic carbocycles. The summed E-state index contributed by atoms with van der Waals surface area (Å²) in [6.07, 6.45) is 1.91. The van der Waals surface area contributed by atoms with E-state index in [0.29, 0.717) is 11.3 Å². The van der Waals surface area contributed by atoms with Crippen LogP contribution in [0.2, 0.25) is 0 Å². The van der Waals surface area contributed by atoms with Gasteiger partial charge in [0.05, 0.1) is 20.9 Å². The lowest BCUT2D eigenvalue weighted by Gasteiger charge is -2.04. The van der Waals surface area contributed by atoms with Gasteiger partial charge in [0.2, 0.25) is 5.91 Å². The summed E-state index contributed by atoms with van der Waals surface area (Å²) in [5.74, 6) is -1.07. The van der Waals surface area contributed by atoms with Crippen molar-refractivity contribution in [2.24, 2.45) is 4.99 Å². The molecule has 0 N–H and O–H groups in total. The van der Waals surface area contributed by atoms with Crippen LogP contribution < -0.4 is 4.80 Å². The lowest BCUT2D eigenvalue weighted by Crippen LogP contribution is -2.16. The molecule has 1 aromatic heterocycles. The van der Waals surface area contributed by atoms with Gasteiger partial charge in [0.15, 0.2) is 14.6 Å². The number of allylic oxidation sites excluding steroid dienone is 1. The van der Waals surface area contributed by atoms with Crippen LogP contribution in [0.5, 0.6) is 0 Å². The average Bonchev–Trinajstić information content (AvgIpc) is 3.00. The molecule has 8 heteroatoms. The van der Waals surface area contributed by atoms with Crippen LogP contribution in [-0.2, 0) is 21.2 Å². The summed E-state index contributed by atoms with van der Waals surface area (Å²) in [6.45, 7) is 8.35. The van der Waals surface area contributed by atoms with Gasteiger partial charge in [-0.1, -0.05) is 23.5 Å². The van der Waals surface area contributed by atoms with Crippen molar-refractivity contribution in [3.05, 3.63) is 70.8 Å². The Bertz CT molecular complexity index is 1270. The number of halogens is 1. The van der Waals surface area contributed by atoms with E-state index in [-0.39, 0.29) is 29.4 Å². The van der Waals surface area contributed by atoms with Crippen LogP contribution in [0.15, 0.2) is 58.9 Å². The van der Waals surface area contributed by atoms with E-state index in [9.17, 15) is 17.6 Å². The van der Waals surface area contributed by atoms with Crippen molar-refractivity contribution in [2.45, 2.75) is 38.1 Å². The van der Waals surface area contributed by atoms with Crippen LogP contribution >= 0.6 is 11.3 Å². The van der Waals surface area contributed by atoms with Crippen molar-refractivity contribution >= 4 is 37.3 Å². The molecule has 1 amide bonds. The van der Waals surface area contributed by atoms with Crippen molar-refractivity contribution in [3.63, 3.8) is 0 Å². The van der Waals surface area contributed by atoms with E-state index in [1.54, 1.807) is 6.08 Å². The number of benzene rings is 2. The molecule has 0 aliphatic carbocycles. The zero-order valence-electron chi connectivity index (χ0n) is 16.9. The second-order valence-corrected chi connectivity index (χ2v) is 10.2. The van der Waals surface area contributed by atoms with Crippen LogP contribution in [0.3, 0.4) is 0 Å². The zero-order chi connectivity index (χ0) is 21.9. The highest BCUT2D eigenvalue weighted by Crippen LogP contribution is 2.23. The summed E-state index contributed by atoms with van der Waals surface area (Å²) in [7, 11) is -3.57. The maximum atomic E-state index is 13.0. The number of aromatic nitrogens is 1. The fraction of sp³-hybridized carbons (Fsp3) is 0.273. The Hall–Kier alpha value is -2.58. The van der Waals surface area contributed by atoms with Crippen molar-refractivity contribution in [3.8, 4) is 0 Å². The molecule has 158 valence electrons. The summed E-state index contributed by atoms with van der Waals surface area (Å²) in [5, 5.41) is 0. The van der Waals surface area contributed by atoms with Gasteiger partial charge in [-0.2, -0.15) is 4.99 Å². The number of aryl methyl sites for hydroxylation is 2. The highest BCUT2D eigenvalue weighted by Gasteiger charge is 2.15. The van der Waals surface area contributed by atoms with E-state index >= 15 is 0 Å². The molecule has 3 rings (SSSR count). The molecular weight excluding hydrogens is 423 g/mol. The SMILES string of the molecule is C=CCn1c(=NC(=O)CCCS(=O)(=O)c2ccc(F)cc2)sc2c(C)cc(C)cc21. The third-order valence-electron chi connectivity index (χ3n) is 4.62. The molecule has 0 radical (unpaired) electrons. The second kappa shape index (κ2) is 9.06. The number of fused-ring (bicyclic) bond motifs is 1. The fourth-order valence-electron chi connectivity index (χ4n) is 3.24. The first-order valence-electron chi connectivity index (χ1n) is 9.48. The van der Waals surface area contributed by atoms with Gasteiger partial charge in [-0.15, -0.1) is 6.58 Å². The normalized spacial score (nSPS) is 12.4. The summed E-state index contributed by atoms with van der Waals surface area (Å²) in [6, 6.07) is 8.82. The molecule has 0 aliphatic rings. The minimum atomic E-state index is -3.57. The van der Waals surface area contributed by atoms with Gasteiger partial charge in [0.1, 0.15) is 5.82 Å². The molecule has 0 bridgehead atoms. The van der Waals surface area contributed by atoms with E-state index in [1.165, 1.54) is 23.5 Å². The zero-order valence-corrected chi connectivity index (χ0v) is 18.5. The minimum Gasteiger partial charge on any atom is -0.312 e. The maximum Gasteiger partial charge on any atom is 0.248 e. The number of hydrogen-bond donors (Lipinski definition) is 0. The lowest BCUT2D eigenvalue weighted by atomic mass is 10.1. The molecule has 0 aliphatic heterocycles. The van der Waals surface area contributed by atoms with Gasteiger partial charge in [-0.25, -0.2) is 12.8 Å². The first-order valence-corrected chi connectivity index (χ1v) is 12.0. The summed E-state index contributed by atoms with van der Waals surface area (Å²) < 4.78 is 40.7. The van der Waals surface area contributed by atoms with Crippen molar-refractivity contribution in [1.29, 1.82) is 0 Å². The van der Waals surface area contributed by atoms with Gasteiger partial charge in [-0.3, -0.25) is 4.79 Å². The van der Waals surface area contributed by atoms with Gasteiger partial charge < -0.3 is 4.57 Å². The number of sulfone groups is 1. The van der Waals surface area contributed by atoms with E-state index < -0.39 is 15.7 Å². The summed E-state index contributed by atoms with van der Waals surface area (Å²) in [5.41, 5.74) is 3.24. The van der Waals surface area contributed by atoms with Crippen LogP contribution in [0, 0.1) is 19.7 Å². The molecule has 0 atom stereocenters. The Labute approximate surface area is 179 Å². The Morgan fingerprint density at radius 1 is 1.23 bits per heavy atom. The Morgan fingerprint density at radius 3 is 2.60 bits per heavy atom. The summed E-state index contributed by atoms with van der Waals surface area (Å²) in [4.78, 5) is 17.3. The smallest absolute Gasteiger partial charge is 0.248 e. The Morgan fingerprint density at radius 2 is 1.93 bits per heavy atom. The molecular formula is C22H23FN2O3S2. The van der Waals surface area contributed by atoms with Crippen LogP contribution in [0.25, 0.3) is 10.2 Å². The predicted molar refractivity (Wildman–Crippen MR) is 118 cm³/mol. The second-order valence-electron chi connectivity index (χ2n) is 7.10. The van der Waals surface area contributed by atoms with Gasteiger partial charge in [-0.05, 0) is 61.7 Å². The molecule has 0 saturated heterocycles. The molecule has 5 nitrogen and oxygen atoms in total. The van der Waals surface area contributed by atoms with Crippen LogP contribution in [-0.4, -0.2) is 24.6 Å². The predicted octanol–water partition coefficient (Wildman–Crippen LogP) is 4.33. The van der Waals surface area contributed by atoms with E-state index in [1.807, 2.05) is 18.4 Å². The first kappa shape index (κ1) is 22.1. The average molecular weight is 447 g/mol. The van der Waals surface area contributed by atoms with Crippen molar-refractivity contribution in [2.75, 3.05) is 5.75 Å². The number of thiazole rings is 1. The van der Waals surface area contributed by atoms with Crippen LogP contribution in [0.1, 0.15) is 24.0 Å². The molecule has 1 heterocycles. The highest BCUT2D eigenvalue weighted by atomic mass is 32.2. The number of carbonyl (C=O) groups is 1. The topological polar surface area (TPSA) is 68.5 Å². The van der Waals surface area contributed by atoms with Gasteiger partial charge >= 0.3 is 0 Å². The minimum absolute atomic E-state index is 0.0147. The summed E-state index contributed by atoms with van der Waals surface area (Å²) >= 11 is 1.44. The third-order valence-corrected chi connectivity index (χ3v) is 7.67. The lowest BCUT2D eigenvalue weighted by molar-refractivity contribution is -0.118. The van der Waals surface area contributed by atoms with Crippen molar-refractivity contribution in [1.82, 2.24) is 4.57 Å². The largest absolute Gasteiger partial charge is 0.312 e. The third kappa shape index (κ3) is 4.94. The Balaban J connectivity index is 1.79. The number of amides is 1. The molecule has 3 aromatic rings. The van der Waals surface area contributed by atoms with E-state index in [2.05, 4.69) is 23.7 Å². The molecule has 0 spiro atoms. The van der Waals surface area contributed by atoms with E-state index in [0.717, 1.165) is 33.5 Å².